The first-order chi connectivity index (χ1) is 21.3. The third-order valence-corrected chi connectivity index (χ3v) is 6.50. The molecule has 244 valence electrons. The van der Waals surface area contributed by atoms with Crippen molar-refractivity contribution in [3.8, 4) is 5.75 Å². The summed E-state index contributed by atoms with van der Waals surface area (Å²) in [5.74, 6) is -3.14. The first kappa shape index (κ1) is 36.1. The van der Waals surface area contributed by atoms with E-state index in [1.54, 1.807) is 60.7 Å². The summed E-state index contributed by atoms with van der Waals surface area (Å²) in [5, 5.41) is 19.9. The van der Waals surface area contributed by atoms with Gasteiger partial charge >= 0.3 is 12.1 Å². The zero-order chi connectivity index (χ0) is 33.4. The number of carbonyl (C=O) groups is 5. The number of carbonyl (C=O) groups excluding carboxylic acids is 4. The summed E-state index contributed by atoms with van der Waals surface area (Å²) in [5.41, 5.74) is 11.3. The van der Waals surface area contributed by atoms with Crippen LogP contribution < -0.4 is 37.5 Å². The molecule has 4 atom stereocenters. The maximum Gasteiger partial charge on any atom is 0.413 e. The van der Waals surface area contributed by atoms with Crippen LogP contribution in [0.4, 0.5) is 4.79 Å². The molecular formula is C31H43N7O7. The zero-order valence-corrected chi connectivity index (χ0v) is 25.7. The smallest absolute Gasteiger partial charge is 0.413 e. The molecule has 0 radical (unpaired) electrons. The lowest BCUT2D eigenvalue weighted by atomic mass is 10.00. The number of hydrogen-bond acceptors (Lipinski definition) is 7. The summed E-state index contributed by atoms with van der Waals surface area (Å²) >= 11 is 0. The fourth-order valence-corrected chi connectivity index (χ4v) is 4.23. The van der Waals surface area contributed by atoms with E-state index in [1.165, 1.54) is 6.92 Å². The Morgan fingerprint density at radius 1 is 0.778 bits per heavy atom. The molecular weight excluding hydrogens is 582 g/mol. The van der Waals surface area contributed by atoms with E-state index in [9.17, 15) is 29.1 Å². The van der Waals surface area contributed by atoms with Crippen molar-refractivity contribution in [1.29, 1.82) is 0 Å². The van der Waals surface area contributed by atoms with E-state index in [2.05, 4.69) is 26.3 Å². The third kappa shape index (κ3) is 13.8. The van der Waals surface area contributed by atoms with Gasteiger partial charge in [0.05, 0.1) is 0 Å². The average Bonchev–Trinajstić information content (AvgIpc) is 2.98. The molecule has 0 aliphatic rings. The fourth-order valence-electron chi connectivity index (χ4n) is 4.23. The monoisotopic (exact) mass is 625 g/mol. The maximum atomic E-state index is 13.6. The largest absolute Gasteiger partial charge is 0.480 e. The number of aliphatic imine (C=N–C) groups is 1. The molecule has 4 amide bonds. The number of ether oxygens (including phenoxy) is 1. The molecule has 0 spiro atoms. The highest BCUT2D eigenvalue weighted by Gasteiger charge is 2.31. The van der Waals surface area contributed by atoms with Gasteiger partial charge in [0.1, 0.15) is 29.9 Å². The third-order valence-electron chi connectivity index (χ3n) is 6.50. The van der Waals surface area contributed by atoms with E-state index in [4.69, 9.17) is 16.2 Å². The van der Waals surface area contributed by atoms with Gasteiger partial charge in [-0.25, -0.2) is 9.59 Å². The Hall–Kier alpha value is -5.14. The molecule has 0 saturated heterocycles. The summed E-state index contributed by atoms with van der Waals surface area (Å²) < 4.78 is 5.18. The van der Waals surface area contributed by atoms with Crippen LogP contribution in [-0.4, -0.2) is 71.6 Å². The van der Waals surface area contributed by atoms with E-state index in [0.717, 1.165) is 5.56 Å². The Bertz CT molecular complexity index is 1300. The van der Waals surface area contributed by atoms with E-state index >= 15 is 0 Å². The molecule has 2 aromatic rings. The van der Waals surface area contributed by atoms with Crippen molar-refractivity contribution < 1.29 is 33.8 Å². The van der Waals surface area contributed by atoms with Crippen molar-refractivity contribution >= 4 is 35.7 Å². The number of rotatable bonds is 17. The second-order valence-electron chi connectivity index (χ2n) is 10.9. The number of nitrogens with one attached hydrogen (secondary N) is 4. The Labute approximate surface area is 262 Å². The summed E-state index contributed by atoms with van der Waals surface area (Å²) in [4.78, 5) is 67.9. The van der Waals surface area contributed by atoms with Crippen LogP contribution in [0.5, 0.6) is 5.75 Å². The molecule has 0 heterocycles. The van der Waals surface area contributed by atoms with Crippen LogP contribution in [0, 0.1) is 5.92 Å². The Morgan fingerprint density at radius 3 is 1.91 bits per heavy atom. The van der Waals surface area contributed by atoms with Crippen LogP contribution >= 0.6 is 0 Å². The predicted octanol–water partition coefficient (Wildman–Crippen LogP) is 1.04. The van der Waals surface area contributed by atoms with Crippen molar-refractivity contribution in [3.63, 3.8) is 0 Å². The van der Waals surface area contributed by atoms with E-state index in [-0.39, 0.29) is 43.4 Å². The van der Waals surface area contributed by atoms with Gasteiger partial charge < -0.3 is 42.6 Å². The molecule has 0 unspecified atom stereocenters. The number of guanidine groups is 1. The standard InChI is InChI=1S/C31H43N7O7/c1-19(2)17-24(27(40)36-23(29(42)43)15-10-16-34-30(32)33)38-28(41)25(18-21-11-6-4-7-12-21)37-26(39)20(3)35-31(44)45-22-13-8-5-9-14-22/h4-9,11-14,19-20,23-25H,10,15-18H2,1-3H3,(H,35,44)(H,36,40)(H,37,39)(H,38,41)(H,42,43)(H4,32,33,34)/t20-,23+,24-,25+/m1/s1. The zero-order valence-electron chi connectivity index (χ0n) is 25.7. The second kappa shape index (κ2) is 18.5. The predicted molar refractivity (Wildman–Crippen MR) is 168 cm³/mol. The van der Waals surface area contributed by atoms with Gasteiger partial charge in [-0.3, -0.25) is 19.4 Å². The molecule has 0 fully saturated rings. The molecule has 45 heavy (non-hydrogen) atoms. The Morgan fingerprint density at radius 2 is 1.33 bits per heavy atom. The summed E-state index contributed by atoms with van der Waals surface area (Å²) in [6, 6.07) is 12.7. The number of hydrogen-bond donors (Lipinski definition) is 7. The van der Waals surface area contributed by atoms with Gasteiger partial charge in [0.2, 0.25) is 17.7 Å². The molecule has 2 aromatic carbocycles. The number of nitrogens with two attached hydrogens (primary N) is 2. The fraction of sp³-hybridized carbons (Fsp3) is 0.419. The van der Waals surface area contributed by atoms with Crippen LogP contribution in [0.25, 0.3) is 0 Å². The van der Waals surface area contributed by atoms with Crippen molar-refractivity contribution in [1.82, 2.24) is 21.3 Å². The lowest BCUT2D eigenvalue weighted by molar-refractivity contribution is -0.142. The van der Waals surface area contributed by atoms with Crippen LogP contribution in [0.15, 0.2) is 65.7 Å². The number of para-hydroxylation sites is 1. The Kier molecular flexibility index (Phi) is 14.8. The normalized spacial score (nSPS) is 13.3. The number of aliphatic carboxylic acids is 1. The molecule has 2 rings (SSSR count). The van der Waals surface area contributed by atoms with Gasteiger partial charge in [0.25, 0.3) is 0 Å². The van der Waals surface area contributed by atoms with Gasteiger partial charge in [-0.05, 0) is 49.8 Å². The van der Waals surface area contributed by atoms with Crippen LogP contribution in [-0.2, 0) is 25.6 Å². The first-order valence-electron chi connectivity index (χ1n) is 14.6. The molecule has 0 saturated carbocycles. The summed E-state index contributed by atoms with van der Waals surface area (Å²) in [7, 11) is 0. The number of nitrogens with zero attached hydrogens (tertiary/aromatic N) is 1. The number of benzene rings is 2. The van der Waals surface area contributed by atoms with Gasteiger partial charge in [-0.15, -0.1) is 0 Å². The molecule has 0 aromatic heterocycles. The second-order valence-corrected chi connectivity index (χ2v) is 10.9. The lowest BCUT2D eigenvalue weighted by Crippen LogP contribution is -2.58. The van der Waals surface area contributed by atoms with Crippen molar-refractivity contribution in [2.75, 3.05) is 6.54 Å². The first-order valence-corrected chi connectivity index (χ1v) is 14.6. The van der Waals surface area contributed by atoms with Gasteiger partial charge in [0.15, 0.2) is 5.96 Å². The molecule has 14 heteroatoms. The highest BCUT2D eigenvalue weighted by Crippen LogP contribution is 2.11. The topological polar surface area (TPSA) is 227 Å². The highest BCUT2D eigenvalue weighted by molar-refractivity contribution is 5.94. The summed E-state index contributed by atoms with van der Waals surface area (Å²) in [6.45, 7) is 5.32. The molecule has 0 bridgehead atoms. The van der Waals surface area contributed by atoms with E-state index in [0.29, 0.717) is 6.42 Å². The number of carboxylic acids is 1. The summed E-state index contributed by atoms with van der Waals surface area (Å²) in [6.07, 6.45) is -0.212. The van der Waals surface area contributed by atoms with Gasteiger partial charge in [-0.1, -0.05) is 62.4 Å². The number of amides is 4. The van der Waals surface area contributed by atoms with Crippen molar-refractivity contribution in [2.45, 2.75) is 70.6 Å². The average molecular weight is 626 g/mol. The maximum absolute atomic E-state index is 13.6. The van der Waals surface area contributed by atoms with Gasteiger partial charge in [-0.2, -0.15) is 0 Å². The van der Waals surface area contributed by atoms with Crippen LogP contribution in [0.3, 0.4) is 0 Å². The molecule has 14 nitrogen and oxygen atoms in total. The molecule has 9 N–H and O–H groups in total. The van der Waals surface area contributed by atoms with E-state index in [1.807, 2.05) is 13.8 Å². The van der Waals surface area contributed by atoms with Crippen molar-refractivity contribution in [3.05, 3.63) is 66.2 Å². The highest BCUT2D eigenvalue weighted by atomic mass is 16.6. The SMILES string of the molecule is CC(C)C[C@@H](NC(=O)[C@H](Cc1ccccc1)NC(=O)[C@@H](C)NC(=O)Oc1ccccc1)C(=O)N[C@@H](CCCN=C(N)N)C(=O)O. The molecule has 0 aliphatic carbocycles. The molecule has 0 aliphatic heterocycles. The number of carboxylic acid groups (broad SMARTS) is 1. The van der Waals surface area contributed by atoms with Crippen LogP contribution in [0.2, 0.25) is 0 Å². The minimum atomic E-state index is -1.25. The van der Waals surface area contributed by atoms with Crippen LogP contribution in [0.1, 0.15) is 45.6 Å². The minimum absolute atomic E-state index is 0.0480. The van der Waals surface area contributed by atoms with Crippen molar-refractivity contribution in [2.24, 2.45) is 22.4 Å². The minimum Gasteiger partial charge on any atom is -0.480 e. The van der Waals surface area contributed by atoms with E-state index < -0.39 is 54.0 Å². The lowest BCUT2D eigenvalue weighted by Gasteiger charge is -2.26. The Balaban J connectivity index is 2.15. The van der Waals surface area contributed by atoms with Gasteiger partial charge in [0, 0.05) is 13.0 Å². The quantitative estimate of drug-likeness (QED) is 0.0756.